The summed E-state index contributed by atoms with van der Waals surface area (Å²) in [5.74, 6) is -2.94. The van der Waals surface area contributed by atoms with Crippen LogP contribution in [0.4, 0.5) is 4.79 Å². The molecule has 2 heterocycles. The molecule has 3 fully saturated rings. The molecule has 5 atom stereocenters. The Balaban J connectivity index is 1.83. The minimum absolute atomic E-state index is 0.0139. The van der Waals surface area contributed by atoms with Crippen molar-refractivity contribution in [2.75, 3.05) is 13.1 Å². The highest BCUT2D eigenvalue weighted by Crippen LogP contribution is 2.33. The van der Waals surface area contributed by atoms with Crippen molar-refractivity contribution in [1.29, 1.82) is 0 Å². The van der Waals surface area contributed by atoms with Crippen LogP contribution in [0.2, 0.25) is 0 Å². The van der Waals surface area contributed by atoms with Crippen LogP contribution in [-0.4, -0.2) is 88.4 Å². The van der Waals surface area contributed by atoms with Crippen LogP contribution >= 0.6 is 0 Å². The zero-order chi connectivity index (χ0) is 35.4. The van der Waals surface area contributed by atoms with Crippen molar-refractivity contribution in [1.82, 2.24) is 25.8 Å². The van der Waals surface area contributed by atoms with Gasteiger partial charge in [-0.05, 0) is 47.8 Å². The SMILES string of the molecule is CC(C)C[C@@H]1C[C@@H](C(=O)NC(CC2CCC2)C(=O)C(N)=O)N(C(=O)[C@@H](NC(=O)NC(CN2C(=O)CCC2=O)C(C)(C)C)C(C)(C)C)C1. The second-order valence-corrected chi connectivity index (χ2v) is 16.3. The number of hydrogen-bond acceptors (Lipinski definition) is 7. The zero-order valence-electron chi connectivity index (χ0n) is 29.4. The van der Waals surface area contributed by atoms with Gasteiger partial charge in [0.15, 0.2) is 0 Å². The summed E-state index contributed by atoms with van der Waals surface area (Å²) in [7, 11) is 0. The van der Waals surface area contributed by atoms with E-state index in [2.05, 4.69) is 29.8 Å². The second-order valence-electron chi connectivity index (χ2n) is 16.3. The fraction of sp³-hybridized carbons (Fsp3) is 0.794. The summed E-state index contributed by atoms with van der Waals surface area (Å²) in [5.41, 5.74) is 4.03. The Morgan fingerprint density at radius 2 is 1.45 bits per heavy atom. The van der Waals surface area contributed by atoms with Crippen LogP contribution < -0.4 is 21.7 Å². The number of ketones is 1. The lowest BCUT2D eigenvalue weighted by molar-refractivity contribution is -0.143. The van der Waals surface area contributed by atoms with Crippen molar-refractivity contribution in [3.8, 4) is 0 Å². The van der Waals surface area contributed by atoms with Gasteiger partial charge in [0.25, 0.3) is 5.91 Å². The van der Waals surface area contributed by atoms with E-state index in [0.717, 1.165) is 25.7 Å². The average Bonchev–Trinajstić information content (AvgIpc) is 3.48. The largest absolute Gasteiger partial charge is 0.363 e. The third-order valence-electron chi connectivity index (χ3n) is 9.71. The Labute approximate surface area is 278 Å². The normalized spacial score (nSPS) is 22.5. The smallest absolute Gasteiger partial charge is 0.315 e. The number of carbonyl (C=O) groups is 7. The molecule has 0 spiro atoms. The van der Waals surface area contributed by atoms with Crippen molar-refractivity contribution in [3.05, 3.63) is 0 Å². The first-order valence-electron chi connectivity index (χ1n) is 17.0. The number of hydrogen-bond donors (Lipinski definition) is 4. The van der Waals surface area contributed by atoms with E-state index in [0.29, 0.717) is 25.3 Å². The zero-order valence-corrected chi connectivity index (χ0v) is 29.4. The number of nitrogens with zero attached hydrogens (tertiary/aromatic N) is 2. The molecular weight excluding hydrogens is 604 g/mol. The number of primary amides is 1. The fourth-order valence-electron chi connectivity index (χ4n) is 6.68. The Kier molecular flexibility index (Phi) is 12.2. The average molecular weight is 661 g/mol. The molecule has 47 heavy (non-hydrogen) atoms. The Morgan fingerprint density at radius 3 is 1.91 bits per heavy atom. The van der Waals surface area contributed by atoms with Gasteiger partial charge in [0, 0.05) is 25.9 Å². The van der Waals surface area contributed by atoms with Crippen molar-refractivity contribution < 1.29 is 33.6 Å². The summed E-state index contributed by atoms with van der Waals surface area (Å²) in [6.07, 6.45) is 4.59. The van der Waals surface area contributed by atoms with Crippen LogP contribution in [-0.2, 0) is 28.8 Å². The maximum absolute atomic E-state index is 14.3. The number of urea groups is 1. The van der Waals surface area contributed by atoms with Gasteiger partial charge in [-0.25, -0.2) is 4.79 Å². The van der Waals surface area contributed by atoms with Gasteiger partial charge in [-0.1, -0.05) is 74.7 Å². The molecule has 1 saturated carbocycles. The fourth-order valence-corrected chi connectivity index (χ4v) is 6.68. The molecule has 2 saturated heterocycles. The molecule has 0 aromatic carbocycles. The summed E-state index contributed by atoms with van der Waals surface area (Å²) < 4.78 is 0. The first kappa shape index (κ1) is 37.9. The molecule has 3 rings (SSSR count). The van der Waals surface area contributed by atoms with Gasteiger partial charge in [-0.15, -0.1) is 0 Å². The third-order valence-corrected chi connectivity index (χ3v) is 9.71. The van der Waals surface area contributed by atoms with Gasteiger partial charge in [-0.3, -0.25) is 33.7 Å². The molecule has 0 radical (unpaired) electrons. The molecule has 3 aliphatic rings. The summed E-state index contributed by atoms with van der Waals surface area (Å²) in [4.78, 5) is 93.5. The van der Waals surface area contributed by atoms with E-state index in [-0.39, 0.29) is 43.0 Å². The first-order chi connectivity index (χ1) is 21.7. The number of amides is 7. The number of likely N-dealkylation sites (tertiary alicyclic amines) is 2. The maximum atomic E-state index is 14.3. The van der Waals surface area contributed by atoms with Gasteiger partial charge in [-0.2, -0.15) is 0 Å². The molecule has 13 heteroatoms. The molecule has 2 aliphatic heterocycles. The molecule has 7 amide bonds. The number of nitrogens with one attached hydrogen (secondary N) is 3. The summed E-state index contributed by atoms with van der Waals surface area (Å²) >= 11 is 0. The molecule has 0 aromatic rings. The predicted octanol–water partition coefficient (Wildman–Crippen LogP) is 2.26. The lowest BCUT2D eigenvalue weighted by atomic mass is 9.80. The van der Waals surface area contributed by atoms with E-state index in [1.54, 1.807) is 0 Å². The summed E-state index contributed by atoms with van der Waals surface area (Å²) in [6.45, 7) is 15.6. The Bertz CT molecular complexity index is 1220. The summed E-state index contributed by atoms with van der Waals surface area (Å²) in [5, 5.41) is 8.49. The van der Waals surface area contributed by atoms with Gasteiger partial charge in [0.1, 0.15) is 12.1 Å². The highest BCUT2D eigenvalue weighted by molar-refractivity contribution is 6.37. The first-order valence-corrected chi connectivity index (χ1v) is 17.0. The standard InChI is InChI=1S/C34H56N6O7/c1-19(2)14-21-16-23(30(45)36-22(27(43)29(35)44)15-20-10-9-11-20)39(17-21)31(46)28(34(6,7)8)38-32(47)37-24(33(3,4)5)18-40-25(41)12-13-26(40)42/h19-24,28H,9-18H2,1-8H3,(H2,35,44)(H,36,45)(H2,37,38,47)/t21-,22?,23+,24?,28-/m1/s1. The molecule has 5 N–H and O–H groups in total. The minimum atomic E-state index is -1.11. The van der Waals surface area contributed by atoms with Crippen molar-refractivity contribution in [2.24, 2.45) is 34.3 Å². The maximum Gasteiger partial charge on any atom is 0.315 e. The molecular formula is C34H56N6O7. The molecule has 13 nitrogen and oxygen atoms in total. The number of nitrogens with two attached hydrogens (primary N) is 1. The number of imide groups is 1. The second kappa shape index (κ2) is 15.1. The van der Waals surface area contributed by atoms with E-state index < -0.39 is 64.5 Å². The van der Waals surface area contributed by atoms with E-state index in [1.165, 1.54) is 9.80 Å². The van der Waals surface area contributed by atoms with Crippen molar-refractivity contribution in [3.63, 3.8) is 0 Å². The molecule has 2 unspecified atom stereocenters. The van der Waals surface area contributed by atoms with E-state index >= 15 is 0 Å². The van der Waals surface area contributed by atoms with Gasteiger partial charge >= 0.3 is 6.03 Å². The van der Waals surface area contributed by atoms with E-state index in [4.69, 9.17) is 5.73 Å². The quantitative estimate of drug-likeness (QED) is 0.172. The molecule has 264 valence electrons. The van der Waals surface area contributed by atoms with Crippen LogP contribution in [0.15, 0.2) is 0 Å². The Hall–Kier alpha value is -3.51. The molecule has 1 aliphatic carbocycles. The minimum Gasteiger partial charge on any atom is -0.363 e. The number of carbonyl (C=O) groups excluding carboxylic acids is 7. The van der Waals surface area contributed by atoms with Gasteiger partial charge < -0.3 is 26.6 Å². The monoisotopic (exact) mass is 660 g/mol. The summed E-state index contributed by atoms with van der Waals surface area (Å²) in [6, 6.07) is -4.23. The molecule has 0 bridgehead atoms. The van der Waals surface area contributed by atoms with Crippen LogP contribution in [0.25, 0.3) is 0 Å². The molecule has 0 aromatic heterocycles. The highest BCUT2D eigenvalue weighted by Gasteiger charge is 2.46. The number of Topliss-reactive ketones (excluding diaryl/α,β-unsaturated/α-hetero) is 1. The van der Waals surface area contributed by atoms with Gasteiger partial charge in [0.05, 0.1) is 12.1 Å². The predicted molar refractivity (Wildman–Crippen MR) is 175 cm³/mol. The lowest BCUT2D eigenvalue weighted by Gasteiger charge is -2.38. The van der Waals surface area contributed by atoms with E-state index in [1.807, 2.05) is 41.5 Å². The van der Waals surface area contributed by atoms with E-state index in [9.17, 15) is 33.6 Å². The lowest BCUT2D eigenvalue weighted by Crippen LogP contribution is -2.62. The van der Waals surface area contributed by atoms with Crippen molar-refractivity contribution in [2.45, 2.75) is 131 Å². The van der Waals surface area contributed by atoms with Crippen LogP contribution in [0, 0.1) is 28.6 Å². The van der Waals surface area contributed by atoms with Gasteiger partial charge in [0.2, 0.25) is 29.4 Å². The third kappa shape index (κ3) is 9.99. The van der Waals surface area contributed by atoms with Crippen LogP contribution in [0.1, 0.15) is 107 Å². The Morgan fingerprint density at radius 1 is 0.851 bits per heavy atom. The topological polar surface area (TPSA) is 188 Å². The van der Waals surface area contributed by atoms with Crippen molar-refractivity contribution >= 4 is 41.4 Å². The van der Waals surface area contributed by atoms with Crippen LogP contribution in [0.3, 0.4) is 0 Å². The van der Waals surface area contributed by atoms with Crippen LogP contribution in [0.5, 0.6) is 0 Å². The number of rotatable bonds is 13. The highest BCUT2D eigenvalue weighted by atomic mass is 16.2.